The Morgan fingerprint density at radius 2 is 1.79 bits per heavy atom. The van der Waals surface area contributed by atoms with E-state index in [-0.39, 0.29) is 34.1 Å². The van der Waals surface area contributed by atoms with Crippen molar-refractivity contribution in [3.8, 4) is 0 Å². The van der Waals surface area contributed by atoms with Crippen LogP contribution in [0.25, 0.3) is 0 Å². The van der Waals surface area contributed by atoms with Crippen LogP contribution >= 0.6 is 18.7 Å². The van der Waals surface area contributed by atoms with Gasteiger partial charge in [0.2, 0.25) is 5.91 Å². The number of amides is 2. The summed E-state index contributed by atoms with van der Waals surface area (Å²) in [4.78, 5) is 37.5. The largest absolute Gasteiger partial charge is 0.372 e. The van der Waals surface area contributed by atoms with Gasteiger partial charge in [-0.15, -0.1) is 0 Å². The molecule has 1 fully saturated rings. The quantitative estimate of drug-likeness (QED) is 0.274. The molecular weight excluding hydrogens is 535 g/mol. The summed E-state index contributed by atoms with van der Waals surface area (Å²) in [7, 11) is 0.733. The molecule has 1 aliphatic rings. The van der Waals surface area contributed by atoms with Crippen LogP contribution in [0.2, 0.25) is 5.15 Å². The third-order valence-electron chi connectivity index (χ3n) is 7.05. The molecule has 0 bridgehead atoms. The SMILES string of the molecule is CNC(=O)c1cc(Cl)ncc1NC(=O)C1(c2ccccc2C(C)C)CN(c2ccc(P(C)(C)=O)c(NC)n2)C1. The van der Waals surface area contributed by atoms with E-state index in [2.05, 4.69) is 34.8 Å². The van der Waals surface area contributed by atoms with Crippen molar-refractivity contribution in [2.75, 3.05) is 56.0 Å². The number of hydrogen-bond acceptors (Lipinski definition) is 7. The molecular formula is C28H34ClN6O3P. The fourth-order valence-corrected chi connectivity index (χ4v) is 6.23. The molecule has 1 aliphatic heterocycles. The van der Waals surface area contributed by atoms with Gasteiger partial charge >= 0.3 is 0 Å². The number of nitrogens with one attached hydrogen (secondary N) is 3. The molecule has 3 N–H and O–H groups in total. The summed E-state index contributed by atoms with van der Waals surface area (Å²) in [5.74, 6) is 0.803. The summed E-state index contributed by atoms with van der Waals surface area (Å²) in [5.41, 5.74) is 1.60. The van der Waals surface area contributed by atoms with E-state index in [0.29, 0.717) is 30.0 Å². The normalized spacial score (nSPS) is 14.5. The van der Waals surface area contributed by atoms with Crippen molar-refractivity contribution in [1.29, 1.82) is 0 Å². The zero-order valence-corrected chi connectivity index (χ0v) is 24.7. The molecule has 1 saturated heterocycles. The van der Waals surface area contributed by atoms with E-state index in [0.717, 1.165) is 11.1 Å². The number of halogens is 1. The average molecular weight is 569 g/mol. The number of aromatic nitrogens is 2. The van der Waals surface area contributed by atoms with Crippen LogP contribution < -0.4 is 26.2 Å². The Hall–Kier alpha value is -3.42. The number of hydrogen-bond donors (Lipinski definition) is 3. The van der Waals surface area contributed by atoms with Crippen LogP contribution in [-0.4, -0.2) is 62.3 Å². The maximum absolute atomic E-state index is 14.1. The second-order valence-corrected chi connectivity index (χ2v) is 14.0. The summed E-state index contributed by atoms with van der Waals surface area (Å²) in [6, 6.07) is 13.1. The van der Waals surface area contributed by atoms with Gasteiger partial charge in [-0.25, -0.2) is 9.97 Å². The third-order valence-corrected chi connectivity index (χ3v) is 8.77. The highest BCUT2D eigenvalue weighted by molar-refractivity contribution is 7.70. The van der Waals surface area contributed by atoms with Crippen molar-refractivity contribution in [1.82, 2.24) is 15.3 Å². The lowest BCUT2D eigenvalue weighted by Crippen LogP contribution is -2.66. The molecule has 0 radical (unpaired) electrons. The van der Waals surface area contributed by atoms with E-state index >= 15 is 0 Å². The zero-order valence-electron chi connectivity index (χ0n) is 23.0. The second kappa shape index (κ2) is 11.0. The van der Waals surface area contributed by atoms with Crippen LogP contribution in [0.5, 0.6) is 0 Å². The Morgan fingerprint density at radius 3 is 2.41 bits per heavy atom. The van der Waals surface area contributed by atoms with E-state index in [9.17, 15) is 14.2 Å². The maximum Gasteiger partial charge on any atom is 0.253 e. The second-order valence-electron chi connectivity index (χ2n) is 10.4. The van der Waals surface area contributed by atoms with Gasteiger partial charge in [0.25, 0.3) is 5.91 Å². The van der Waals surface area contributed by atoms with Crippen LogP contribution in [0.15, 0.2) is 48.7 Å². The van der Waals surface area contributed by atoms with Crippen LogP contribution in [0, 0.1) is 0 Å². The first-order valence-corrected chi connectivity index (χ1v) is 15.7. The highest BCUT2D eigenvalue weighted by Crippen LogP contribution is 2.43. The smallest absolute Gasteiger partial charge is 0.253 e. The zero-order chi connectivity index (χ0) is 28.5. The lowest BCUT2D eigenvalue weighted by atomic mass is 9.69. The molecule has 11 heteroatoms. The first-order chi connectivity index (χ1) is 18.4. The van der Waals surface area contributed by atoms with Gasteiger partial charge in [0.15, 0.2) is 0 Å². The molecule has 2 aromatic heterocycles. The Kier molecular flexibility index (Phi) is 8.05. The lowest BCUT2D eigenvalue weighted by molar-refractivity contribution is -0.122. The van der Waals surface area contributed by atoms with Gasteiger partial charge < -0.3 is 25.4 Å². The van der Waals surface area contributed by atoms with Gasteiger partial charge in [0.05, 0.1) is 22.8 Å². The summed E-state index contributed by atoms with van der Waals surface area (Å²) >= 11 is 6.04. The highest BCUT2D eigenvalue weighted by Gasteiger charge is 2.52. The van der Waals surface area contributed by atoms with E-state index < -0.39 is 12.6 Å². The van der Waals surface area contributed by atoms with Crippen LogP contribution in [0.1, 0.15) is 41.3 Å². The standard InChI is InChI=1S/C28H34ClN6O3P/c1-17(2)18-9-7-8-10-20(18)28(27(37)33-21-14-32-23(29)13-19(21)26(36)31-4)15-35(16-28)24-12-11-22(39(5,6)38)25(30-3)34-24/h7-14,17H,15-16H2,1-6H3,(H,30,34)(H,31,36)(H,33,37). The van der Waals surface area contributed by atoms with E-state index in [1.165, 1.54) is 19.3 Å². The molecule has 1 aromatic carbocycles. The van der Waals surface area contributed by atoms with Crippen molar-refractivity contribution in [2.45, 2.75) is 25.2 Å². The molecule has 3 aromatic rings. The fourth-order valence-electron chi connectivity index (χ4n) is 4.97. The minimum Gasteiger partial charge on any atom is -0.372 e. The number of benzene rings is 1. The first kappa shape index (κ1) is 28.6. The molecule has 0 unspecified atom stereocenters. The van der Waals surface area contributed by atoms with Gasteiger partial charge in [-0.1, -0.05) is 49.7 Å². The molecule has 3 heterocycles. The monoisotopic (exact) mass is 568 g/mol. The van der Waals surface area contributed by atoms with Crippen molar-refractivity contribution in [2.24, 2.45) is 0 Å². The summed E-state index contributed by atoms with van der Waals surface area (Å²) in [6.07, 6.45) is 1.40. The van der Waals surface area contributed by atoms with Crippen molar-refractivity contribution in [3.05, 3.63) is 70.5 Å². The molecule has 0 spiro atoms. The van der Waals surface area contributed by atoms with Gasteiger partial charge in [0.1, 0.15) is 29.3 Å². The van der Waals surface area contributed by atoms with Gasteiger partial charge in [0, 0.05) is 27.2 Å². The minimum absolute atomic E-state index is 0.153. The van der Waals surface area contributed by atoms with Crippen molar-refractivity contribution in [3.63, 3.8) is 0 Å². The van der Waals surface area contributed by atoms with Crippen LogP contribution in [0.4, 0.5) is 17.3 Å². The van der Waals surface area contributed by atoms with E-state index in [1.54, 1.807) is 20.4 Å². The highest BCUT2D eigenvalue weighted by atomic mass is 35.5. The molecule has 0 aliphatic carbocycles. The Labute approximate surface area is 234 Å². The van der Waals surface area contributed by atoms with Crippen LogP contribution in [-0.2, 0) is 14.8 Å². The molecule has 0 saturated carbocycles. The molecule has 206 valence electrons. The predicted molar refractivity (Wildman–Crippen MR) is 159 cm³/mol. The number of anilines is 3. The summed E-state index contributed by atoms with van der Waals surface area (Å²) in [5, 5.41) is 9.44. The van der Waals surface area contributed by atoms with Gasteiger partial charge in [-0.3, -0.25) is 9.59 Å². The minimum atomic E-state index is -2.53. The molecule has 4 rings (SSSR count). The average Bonchev–Trinajstić information content (AvgIpc) is 2.88. The molecule has 2 amide bonds. The number of carbonyl (C=O) groups is 2. The van der Waals surface area contributed by atoms with Crippen LogP contribution in [0.3, 0.4) is 0 Å². The first-order valence-electron chi connectivity index (χ1n) is 12.7. The van der Waals surface area contributed by atoms with Gasteiger partial charge in [-0.2, -0.15) is 0 Å². The van der Waals surface area contributed by atoms with E-state index in [1.807, 2.05) is 41.3 Å². The van der Waals surface area contributed by atoms with Crippen molar-refractivity contribution >= 4 is 53.2 Å². The lowest BCUT2D eigenvalue weighted by Gasteiger charge is -2.50. The third kappa shape index (κ3) is 5.52. The van der Waals surface area contributed by atoms with Gasteiger partial charge in [-0.05, 0) is 48.6 Å². The van der Waals surface area contributed by atoms with Crippen molar-refractivity contribution < 1.29 is 14.2 Å². The molecule has 9 nitrogen and oxygen atoms in total. The fraction of sp³-hybridized carbons (Fsp3) is 0.357. The Bertz CT molecular complexity index is 1470. The Morgan fingerprint density at radius 1 is 1.10 bits per heavy atom. The maximum atomic E-state index is 14.1. The molecule has 0 atom stereocenters. The topological polar surface area (TPSA) is 116 Å². The Balaban J connectivity index is 1.74. The number of carbonyl (C=O) groups excluding carboxylic acids is 2. The predicted octanol–water partition coefficient (Wildman–Crippen LogP) is 4.30. The summed E-state index contributed by atoms with van der Waals surface area (Å²) < 4.78 is 12.7. The number of nitrogens with zero attached hydrogens (tertiary/aromatic N) is 3. The number of rotatable bonds is 8. The van der Waals surface area contributed by atoms with E-state index in [4.69, 9.17) is 16.6 Å². The summed E-state index contributed by atoms with van der Waals surface area (Å²) in [6.45, 7) is 8.35. The molecule has 39 heavy (non-hydrogen) atoms. The number of pyridine rings is 2.